The van der Waals surface area contributed by atoms with Crippen molar-refractivity contribution in [3.05, 3.63) is 22.2 Å². The highest BCUT2D eigenvalue weighted by Gasteiger charge is 2.31. The Morgan fingerprint density at radius 3 is 2.81 bits per heavy atom. The highest BCUT2D eigenvalue weighted by molar-refractivity contribution is 5.70. The van der Waals surface area contributed by atoms with E-state index in [1.807, 2.05) is 0 Å². The predicted octanol–water partition coefficient (Wildman–Crippen LogP) is 1.95. The average Bonchev–Trinajstić information content (AvgIpc) is 3.29. The van der Waals surface area contributed by atoms with Crippen LogP contribution in [-0.4, -0.2) is 27.6 Å². The van der Waals surface area contributed by atoms with Crippen LogP contribution in [0.4, 0.5) is 5.82 Å². The summed E-state index contributed by atoms with van der Waals surface area (Å²) in [5.41, 5.74) is -0.146. The number of carboxylic acids is 1. The van der Waals surface area contributed by atoms with Crippen molar-refractivity contribution in [3.63, 3.8) is 0 Å². The summed E-state index contributed by atoms with van der Waals surface area (Å²) < 4.78 is 0. The van der Waals surface area contributed by atoms with Crippen LogP contribution in [0.2, 0.25) is 0 Å². The summed E-state index contributed by atoms with van der Waals surface area (Å²) >= 11 is 0. The van der Waals surface area contributed by atoms with E-state index in [1.165, 1.54) is 6.07 Å². The lowest BCUT2D eigenvalue weighted by atomic mass is 9.79. The molecule has 0 aliphatic heterocycles. The minimum Gasteiger partial charge on any atom is -0.481 e. The van der Waals surface area contributed by atoms with Gasteiger partial charge in [-0.05, 0) is 31.6 Å². The molecular formula is C15H21N3O3. The molecule has 2 aliphatic rings. The maximum Gasteiger partial charge on any atom is 0.306 e. The third-order valence-corrected chi connectivity index (χ3v) is 4.50. The first-order valence-corrected chi connectivity index (χ1v) is 7.71. The zero-order valence-corrected chi connectivity index (χ0v) is 12.0. The van der Waals surface area contributed by atoms with Gasteiger partial charge in [-0.15, -0.1) is 0 Å². The van der Waals surface area contributed by atoms with Crippen molar-refractivity contribution < 1.29 is 9.90 Å². The molecule has 0 saturated heterocycles. The second kappa shape index (κ2) is 5.87. The van der Waals surface area contributed by atoms with Crippen molar-refractivity contribution in [2.24, 2.45) is 11.8 Å². The van der Waals surface area contributed by atoms with Gasteiger partial charge in [-0.2, -0.15) is 0 Å². The van der Waals surface area contributed by atoms with Gasteiger partial charge < -0.3 is 15.4 Å². The number of nitrogens with one attached hydrogen (secondary N) is 2. The lowest BCUT2D eigenvalue weighted by Crippen LogP contribution is -2.32. The lowest BCUT2D eigenvalue weighted by molar-refractivity contribution is -0.144. The third-order valence-electron chi connectivity index (χ3n) is 4.50. The summed E-state index contributed by atoms with van der Waals surface area (Å²) in [6, 6.07) is 1.45. The van der Waals surface area contributed by atoms with Gasteiger partial charge in [-0.1, -0.05) is 12.8 Å². The van der Waals surface area contributed by atoms with Gasteiger partial charge in [0, 0.05) is 18.5 Å². The van der Waals surface area contributed by atoms with Crippen molar-refractivity contribution in [2.75, 3.05) is 11.9 Å². The minimum absolute atomic E-state index is 0.113. The van der Waals surface area contributed by atoms with Gasteiger partial charge in [0.15, 0.2) is 0 Å². The number of aromatic amines is 1. The molecule has 1 aromatic heterocycles. The van der Waals surface area contributed by atoms with E-state index in [-0.39, 0.29) is 17.4 Å². The summed E-state index contributed by atoms with van der Waals surface area (Å²) in [7, 11) is 0. The number of anilines is 1. The number of nitrogens with zero attached hydrogens (tertiary/aromatic N) is 1. The molecule has 2 aliphatic carbocycles. The Bertz CT molecular complexity index is 580. The average molecular weight is 291 g/mol. The second-order valence-electron chi connectivity index (χ2n) is 6.16. The number of H-pyrrole nitrogens is 1. The number of carboxylic acid groups (broad SMARTS) is 1. The van der Waals surface area contributed by atoms with Crippen molar-refractivity contribution in [3.8, 4) is 0 Å². The molecule has 6 heteroatoms. The smallest absolute Gasteiger partial charge is 0.306 e. The zero-order valence-electron chi connectivity index (χ0n) is 12.0. The Morgan fingerprint density at radius 1 is 1.33 bits per heavy atom. The van der Waals surface area contributed by atoms with Crippen molar-refractivity contribution in [1.82, 2.24) is 9.97 Å². The molecule has 114 valence electrons. The summed E-state index contributed by atoms with van der Waals surface area (Å²) in [5.74, 6) is 0.830. The van der Waals surface area contributed by atoms with E-state index in [0.29, 0.717) is 18.3 Å². The van der Waals surface area contributed by atoms with Gasteiger partial charge >= 0.3 is 5.97 Å². The molecule has 3 rings (SSSR count). The van der Waals surface area contributed by atoms with Crippen LogP contribution in [0.5, 0.6) is 0 Å². The van der Waals surface area contributed by atoms with E-state index in [1.54, 1.807) is 0 Å². The molecule has 1 aromatic rings. The highest BCUT2D eigenvalue weighted by Crippen LogP contribution is 2.37. The summed E-state index contributed by atoms with van der Waals surface area (Å²) in [5, 5.41) is 12.4. The fourth-order valence-electron chi connectivity index (χ4n) is 3.13. The standard InChI is InChI=1S/C15H21N3O3/c19-13-7-12(17-14(18-13)9-5-6-9)16-8-10-3-1-2-4-11(10)15(20)21/h7,9-11H,1-6,8H2,(H,20,21)(H2,16,17,18,19). The summed E-state index contributed by atoms with van der Waals surface area (Å²) in [6.07, 6.45) is 5.89. The van der Waals surface area contributed by atoms with E-state index in [2.05, 4.69) is 15.3 Å². The first-order valence-electron chi connectivity index (χ1n) is 7.71. The number of aromatic nitrogens is 2. The van der Waals surface area contributed by atoms with E-state index in [4.69, 9.17) is 0 Å². The Kier molecular flexibility index (Phi) is 3.94. The number of hydrogen-bond donors (Lipinski definition) is 3. The molecule has 1 heterocycles. The third kappa shape index (κ3) is 3.43. The van der Waals surface area contributed by atoms with Gasteiger partial charge in [-0.25, -0.2) is 4.98 Å². The van der Waals surface area contributed by atoms with Gasteiger partial charge in [-0.3, -0.25) is 9.59 Å². The van der Waals surface area contributed by atoms with E-state index in [9.17, 15) is 14.7 Å². The number of rotatable bonds is 5. The fourth-order valence-corrected chi connectivity index (χ4v) is 3.13. The molecule has 3 N–H and O–H groups in total. The topological polar surface area (TPSA) is 95.1 Å². The molecule has 0 spiro atoms. The molecule has 2 atom stereocenters. The molecule has 0 bridgehead atoms. The first-order chi connectivity index (χ1) is 10.1. The largest absolute Gasteiger partial charge is 0.481 e. The van der Waals surface area contributed by atoms with Gasteiger partial charge in [0.1, 0.15) is 11.6 Å². The number of aliphatic carboxylic acids is 1. The Balaban J connectivity index is 1.66. The second-order valence-corrected chi connectivity index (χ2v) is 6.16. The van der Waals surface area contributed by atoms with Gasteiger partial charge in [0.05, 0.1) is 5.92 Å². The Morgan fingerprint density at radius 2 is 2.10 bits per heavy atom. The molecule has 2 saturated carbocycles. The van der Waals surface area contributed by atoms with Crippen LogP contribution in [0.15, 0.2) is 10.9 Å². The molecule has 0 amide bonds. The van der Waals surface area contributed by atoms with Crippen LogP contribution in [-0.2, 0) is 4.79 Å². The van der Waals surface area contributed by atoms with Crippen LogP contribution in [0.3, 0.4) is 0 Å². The predicted molar refractivity (Wildman–Crippen MR) is 78.4 cm³/mol. The van der Waals surface area contributed by atoms with Crippen LogP contribution in [0, 0.1) is 11.8 Å². The first kappa shape index (κ1) is 14.1. The summed E-state index contributed by atoms with van der Waals surface area (Å²) in [4.78, 5) is 30.1. The fraction of sp³-hybridized carbons (Fsp3) is 0.667. The van der Waals surface area contributed by atoms with Crippen molar-refractivity contribution >= 4 is 11.8 Å². The van der Waals surface area contributed by atoms with Crippen LogP contribution >= 0.6 is 0 Å². The quantitative estimate of drug-likeness (QED) is 0.770. The molecule has 0 radical (unpaired) electrons. The highest BCUT2D eigenvalue weighted by atomic mass is 16.4. The zero-order chi connectivity index (χ0) is 14.8. The molecule has 0 aromatic carbocycles. The van der Waals surface area contributed by atoms with Crippen LogP contribution < -0.4 is 10.9 Å². The minimum atomic E-state index is -0.709. The number of carbonyl (C=O) groups is 1. The van der Waals surface area contributed by atoms with Gasteiger partial charge in [0.25, 0.3) is 5.56 Å². The van der Waals surface area contributed by atoms with Crippen molar-refractivity contribution in [2.45, 2.75) is 44.4 Å². The Labute approximate surface area is 123 Å². The molecule has 2 fully saturated rings. The van der Waals surface area contributed by atoms with Crippen molar-refractivity contribution in [1.29, 1.82) is 0 Å². The molecule has 21 heavy (non-hydrogen) atoms. The maximum atomic E-state index is 11.6. The Hall–Kier alpha value is -1.85. The summed E-state index contributed by atoms with van der Waals surface area (Å²) in [6.45, 7) is 0.567. The van der Waals surface area contributed by atoms with E-state index >= 15 is 0 Å². The van der Waals surface area contributed by atoms with Crippen LogP contribution in [0.1, 0.15) is 50.3 Å². The van der Waals surface area contributed by atoms with Gasteiger partial charge in [0.2, 0.25) is 0 Å². The monoisotopic (exact) mass is 291 g/mol. The normalized spacial score (nSPS) is 25.5. The molecule has 2 unspecified atom stereocenters. The molecular weight excluding hydrogens is 270 g/mol. The lowest BCUT2D eigenvalue weighted by Gasteiger charge is -2.28. The van der Waals surface area contributed by atoms with E-state index < -0.39 is 5.97 Å². The van der Waals surface area contributed by atoms with E-state index in [0.717, 1.165) is 44.3 Å². The van der Waals surface area contributed by atoms with Crippen LogP contribution in [0.25, 0.3) is 0 Å². The molecule has 6 nitrogen and oxygen atoms in total. The maximum absolute atomic E-state index is 11.6. The SMILES string of the molecule is O=C(O)C1CCCCC1CNc1cc(=O)[nH]c(C2CC2)n1. The number of hydrogen-bond acceptors (Lipinski definition) is 4.